The summed E-state index contributed by atoms with van der Waals surface area (Å²) in [6.45, 7) is 2.42. The smallest absolute Gasteiger partial charge is 0.254 e. The molecule has 0 radical (unpaired) electrons. The molecule has 6 nitrogen and oxygen atoms in total. The third-order valence-corrected chi connectivity index (χ3v) is 5.21. The molecule has 0 spiro atoms. The van der Waals surface area contributed by atoms with Crippen molar-refractivity contribution in [3.8, 4) is 0 Å². The molecule has 2 N–H and O–H groups in total. The molecule has 1 aliphatic rings. The second kappa shape index (κ2) is 7.23. The van der Waals surface area contributed by atoms with Gasteiger partial charge < -0.3 is 10.1 Å². The van der Waals surface area contributed by atoms with Gasteiger partial charge >= 0.3 is 0 Å². The minimum Gasteiger partial charge on any atom is -0.379 e. The number of morpholine rings is 1. The summed E-state index contributed by atoms with van der Waals surface area (Å²) >= 11 is 12.1. The van der Waals surface area contributed by atoms with Crippen molar-refractivity contribution in [3.63, 3.8) is 0 Å². The van der Waals surface area contributed by atoms with Crippen molar-refractivity contribution in [1.29, 1.82) is 0 Å². The van der Waals surface area contributed by atoms with E-state index in [0.29, 0.717) is 43.4 Å². The Morgan fingerprint density at radius 3 is 2.52 bits per heavy atom. The Balaban J connectivity index is 2.27. The van der Waals surface area contributed by atoms with Gasteiger partial charge in [-0.1, -0.05) is 23.2 Å². The van der Waals surface area contributed by atoms with E-state index in [1.807, 2.05) is 0 Å². The first-order valence-corrected chi connectivity index (χ1v) is 8.65. The first-order valence-electron chi connectivity index (χ1n) is 6.41. The van der Waals surface area contributed by atoms with Gasteiger partial charge in [0.05, 0.1) is 18.2 Å². The highest BCUT2D eigenvalue weighted by molar-refractivity contribution is 7.89. The molecule has 0 saturated carbocycles. The quantitative estimate of drug-likeness (QED) is 0.833. The van der Waals surface area contributed by atoms with Crippen LogP contribution in [0, 0.1) is 0 Å². The summed E-state index contributed by atoms with van der Waals surface area (Å²) in [5, 5.41) is 5.06. The summed E-state index contributed by atoms with van der Waals surface area (Å²) in [4.78, 5) is 2.54. The third-order valence-electron chi connectivity index (χ3n) is 3.02. The predicted octanol–water partition coefficient (Wildman–Crippen LogP) is 1.24. The molecule has 0 aromatic heterocycles. The van der Waals surface area contributed by atoms with E-state index in [0.717, 1.165) is 0 Å². The first kappa shape index (κ1) is 17.0. The van der Waals surface area contributed by atoms with Crippen molar-refractivity contribution in [3.05, 3.63) is 27.7 Å². The Morgan fingerprint density at radius 1 is 1.24 bits per heavy atom. The van der Waals surface area contributed by atoms with Crippen LogP contribution in [0.4, 0.5) is 0 Å². The zero-order valence-corrected chi connectivity index (χ0v) is 13.9. The Hall–Kier alpha value is -0.410. The maximum Gasteiger partial charge on any atom is 0.254 e. The van der Waals surface area contributed by atoms with E-state index in [1.165, 1.54) is 12.1 Å². The van der Waals surface area contributed by atoms with Gasteiger partial charge in [0.2, 0.25) is 0 Å². The molecule has 0 bridgehead atoms. The van der Waals surface area contributed by atoms with Crippen LogP contribution in [0.5, 0.6) is 0 Å². The van der Waals surface area contributed by atoms with Crippen LogP contribution in [-0.2, 0) is 21.3 Å². The number of nitrogens with one attached hydrogen (secondary N) is 2. The number of rotatable bonds is 5. The highest BCUT2D eigenvalue weighted by Crippen LogP contribution is 2.28. The molecule has 0 aliphatic carbocycles. The average Bonchev–Trinajstić information content (AvgIpc) is 2.42. The Kier molecular flexibility index (Phi) is 5.84. The molecule has 118 valence electrons. The number of hydrazine groups is 1. The maximum absolute atomic E-state index is 12.4. The molecule has 1 aromatic rings. The van der Waals surface area contributed by atoms with Gasteiger partial charge in [0.25, 0.3) is 10.0 Å². The number of nitrogens with zero attached hydrogens (tertiary/aromatic N) is 1. The Bertz CT molecular complexity index is 604. The summed E-state index contributed by atoms with van der Waals surface area (Å²) in [7, 11) is -1.99. The highest BCUT2D eigenvalue weighted by Gasteiger charge is 2.23. The van der Waals surface area contributed by atoms with E-state index in [-0.39, 0.29) is 9.92 Å². The maximum atomic E-state index is 12.4. The van der Waals surface area contributed by atoms with Gasteiger partial charge in [0.15, 0.2) is 0 Å². The SMILES string of the molecule is CNCc1cc(S(=O)(=O)NN2CCOCC2)c(Cl)cc1Cl. The lowest BCUT2D eigenvalue weighted by Crippen LogP contribution is -2.48. The molecule has 0 amide bonds. The molecule has 2 rings (SSSR count). The number of hydrogen-bond acceptors (Lipinski definition) is 5. The lowest BCUT2D eigenvalue weighted by Gasteiger charge is -2.27. The fraction of sp³-hybridized carbons (Fsp3) is 0.500. The van der Waals surface area contributed by atoms with Crippen LogP contribution in [0.2, 0.25) is 10.0 Å². The van der Waals surface area contributed by atoms with Gasteiger partial charge in [-0.2, -0.15) is 0 Å². The van der Waals surface area contributed by atoms with Crippen molar-refractivity contribution < 1.29 is 13.2 Å². The van der Waals surface area contributed by atoms with Crippen LogP contribution in [0.15, 0.2) is 17.0 Å². The van der Waals surface area contributed by atoms with E-state index in [4.69, 9.17) is 27.9 Å². The zero-order chi connectivity index (χ0) is 15.5. The fourth-order valence-electron chi connectivity index (χ4n) is 1.98. The van der Waals surface area contributed by atoms with Gasteiger partial charge in [-0.05, 0) is 24.7 Å². The Morgan fingerprint density at radius 2 is 1.90 bits per heavy atom. The highest BCUT2D eigenvalue weighted by atomic mass is 35.5. The standard InChI is InChI=1S/C12H17Cl2N3O3S/c1-15-8-9-6-12(11(14)7-10(9)13)21(18,19)16-17-2-4-20-5-3-17/h6-7,15-16H,2-5,8H2,1H3. The minimum absolute atomic E-state index is 0.0188. The normalized spacial score (nSPS) is 17.1. The van der Waals surface area contributed by atoms with Crippen LogP contribution >= 0.6 is 23.2 Å². The fourth-order valence-corrected chi connectivity index (χ4v) is 3.97. The van der Waals surface area contributed by atoms with Crippen molar-refractivity contribution in [1.82, 2.24) is 15.2 Å². The average molecular weight is 354 g/mol. The van der Waals surface area contributed by atoms with Crippen LogP contribution in [0.1, 0.15) is 5.56 Å². The van der Waals surface area contributed by atoms with Crippen molar-refractivity contribution in [2.75, 3.05) is 33.4 Å². The van der Waals surface area contributed by atoms with Crippen LogP contribution in [0.25, 0.3) is 0 Å². The largest absolute Gasteiger partial charge is 0.379 e. The summed E-state index contributed by atoms with van der Waals surface area (Å²) in [5.74, 6) is 0. The van der Waals surface area contributed by atoms with Gasteiger partial charge in [-0.3, -0.25) is 0 Å². The molecule has 21 heavy (non-hydrogen) atoms. The molecule has 1 fully saturated rings. The molecular weight excluding hydrogens is 337 g/mol. The second-order valence-corrected chi connectivity index (χ2v) is 7.04. The molecule has 1 heterocycles. The molecule has 0 unspecified atom stereocenters. The number of benzene rings is 1. The number of hydrogen-bond donors (Lipinski definition) is 2. The number of sulfonamides is 1. The van der Waals surface area contributed by atoms with E-state index in [2.05, 4.69) is 10.1 Å². The zero-order valence-electron chi connectivity index (χ0n) is 11.5. The lowest BCUT2D eigenvalue weighted by atomic mass is 10.2. The summed E-state index contributed by atoms with van der Waals surface area (Å²) < 4.78 is 30.1. The van der Waals surface area contributed by atoms with Gasteiger partial charge in [0, 0.05) is 24.7 Å². The molecule has 1 aliphatic heterocycles. The summed E-state index contributed by atoms with van der Waals surface area (Å²) in [6, 6.07) is 2.94. The Labute approximate surface area is 134 Å². The minimum atomic E-state index is -3.75. The van der Waals surface area contributed by atoms with Crippen LogP contribution in [0.3, 0.4) is 0 Å². The predicted molar refractivity (Wildman–Crippen MR) is 81.9 cm³/mol. The van der Waals surface area contributed by atoms with Crippen LogP contribution < -0.4 is 10.1 Å². The van der Waals surface area contributed by atoms with E-state index >= 15 is 0 Å². The molecule has 0 atom stereocenters. The topological polar surface area (TPSA) is 70.7 Å². The van der Waals surface area contributed by atoms with E-state index in [1.54, 1.807) is 12.1 Å². The number of halogens is 2. The van der Waals surface area contributed by atoms with Crippen molar-refractivity contribution in [2.24, 2.45) is 0 Å². The molecule has 9 heteroatoms. The number of ether oxygens (including phenoxy) is 1. The van der Waals surface area contributed by atoms with Crippen LogP contribution in [-0.4, -0.2) is 46.8 Å². The summed E-state index contributed by atoms with van der Waals surface area (Å²) in [5.41, 5.74) is 0.672. The van der Waals surface area contributed by atoms with Gasteiger partial charge in [0.1, 0.15) is 4.90 Å². The molecule has 1 aromatic carbocycles. The lowest BCUT2D eigenvalue weighted by molar-refractivity contribution is 0.0272. The van der Waals surface area contributed by atoms with Gasteiger partial charge in [-0.15, -0.1) is 4.83 Å². The molecule has 1 saturated heterocycles. The van der Waals surface area contributed by atoms with Crippen molar-refractivity contribution in [2.45, 2.75) is 11.4 Å². The monoisotopic (exact) mass is 353 g/mol. The summed E-state index contributed by atoms with van der Waals surface area (Å²) in [6.07, 6.45) is 0. The second-order valence-electron chi connectivity index (χ2n) is 4.60. The van der Waals surface area contributed by atoms with E-state index in [9.17, 15) is 8.42 Å². The first-order chi connectivity index (χ1) is 9.94. The molecular formula is C12H17Cl2N3O3S. The third kappa shape index (κ3) is 4.29. The van der Waals surface area contributed by atoms with Crippen molar-refractivity contribution >= 4 is 33.2 Å². The van der Waals surface area contributed by atoms with Gasteiger partial charge in [-0.25, -0.2) is 13.4 Å². The van der Waals surface area contributed by atoms with E-state index < -0.39 is 10.0 Å².